The lowest BCUT2D eigenvalue weighted by molar-refractivity contribution is -0.130. The highest BCUT2D eigenvalue weighted by Gasteiger charge is 2.45. The fourth-order valence-electron chi connectivity index (χ4n) is 3.71. The Labute approximate surface area is 113 Å². The van der Waals surface area contributed by atoms with Crippen LogP contribution >= 0.6 is 0 Å². The molecule has 1 spiro atoms. The zero-order valence-corrected chi connectivity index (χ0v) is 12.7. The second-order valence-electron chi connectivity index (χ2n) is 7.54. The van der Waals surface area contributed by atoms with Crippen LogP contribution in [0.2, 0.25) is 0 Å². The van der Waals surface area contributed by atoms with Gasteiger partial charge in [-0.2, -0.15) is 0 Å². The van der Waals surface area contributed by atoms with E-state index in [0.717, 1.165) is 19.1 Å². The maximum atomic E-state index is 6.30. The van der Waals surface area contributed by atoms with E-state index in [1.807, 2.05) is 0 Å². The fourth-order valence-corrected chi connectivity index (χ4v) is 3.71. The van der Waals surface area contributed by atoms with Crippen molar-refractivity contribution in [3.8, 4) is 0 Å². The van der Waals surface area contributed by atoms with E-state index in [2.05, 4.69) is 33.0 Å². The zero-order chi connectivity index (χ0) is 13.2. The third kappa shape index (κ3) is 3.27. The third-order valence-electron chi connectivity index (χ3n) is 4.86. The predicted molar refractivity (Wildman–Crippen MR) is 76.8 cm³/mol. The maximum Gasteiger partial charge on any atom is 0.0835 e. The highest BCUT2D eigenvalue weighted by atomic mass is 16.5. The number of rotatable bonds is 2. The molecular formula is C16H31NO. The van der Waals surface area contributed by atoms with E-state index >= 15 is 0 Å². The summed E-state index contributed by atoms with van der Waals surface area (Å²) < 4.78 is 6.30. The van der Waals surface area contributed by atoms with Crippen molar-refractivity contribution in [1.82, 2.24) is 5.32 Å². The summed E-state index contributed by atoms with van der Waals surface area (Å²) in [4.78, 5) is 0. The molecule has 1 aliphatic carbocycles. The lowest BCUT2D eigenvalue weighted by Crippen LogP contribution is -2.60. The van der Waals surface area contributed by atoms with Gasteiger partial charge in [0, 0.05) is 12.6 Å². The van der Waals surface area contributed by atoms with Crippen molar-refractivity contribution in [2.45, 2.75) is 77.9 Å². The van der Waals surface area contributed by atoms with Crippen LogP contribution in [-0.2, 0) is 4.74 Å². The van der Waals surface area contributed by atoms with Crippen LogP contribution in [0.4, 0.5) is 0 Å². The first-order valence-corrected chi connectivity index (χ1v) is 7.82. The molecule has 18 heavy (non-hydrogen) atoms. The Morgan fingerprint density at radius 1 is 1.22 bits per heavy atom. The van der Waals surface area contributed by atoms with E-state index in [9.17, 15) is 0 Å². The molecule has 0 aromatic carbocycles. The quantitative estimate of drug-likeness (QED) is 0.809. The summed E-state index contributed by atoms with van der Waals surface area (Å²) in [6, 6.07) is 0.559. The van der Waals surface area contributed by atoms with E-state index in [0.29, 0.717) is 11.5 Å². The summed E-state index contributed by atoms with van der Waals surface area (Å²) in [5, 5.41) is 3.74. The monoisotopic (exact) mass is 253 g/mol. The Bertz CT molecular complexity index is 261. The van der Waals surface area contributed by atoms with Gasteiger partial charge in [-0.25, -0.2) is 0 Å². The van der Waals surface area contributed by atoms with Gasteiger partial charge in [-0.15, -0.1) is 0 Å². The first-order chi connectivity index (χ1) is 8.45. The summed E-state index contributed by atoms with van der Waals surface area (Å²) in [5.41, 5.74) is 0.532. The molecule has 0 amide bonds. The van der Waals surface area contributed by atoms with Crippen molar-refractivity contribution in [2.24, 2.45) is 11.3 Å². The molecule has 1 saturated carbocycles. The molecule has 2 fully saturated rings. The number of hydrogen-bond donors (Lipinski definition) is 1. The van der Waals surface area contributed by atoms with Crippen molar-refractivity contribution >= 4 is 0 Å². The van der Waals surface area contributed by atoms with E-state index in [4.69, 9.17) is 4.74 Å². The van der Waals surface area contributed by atoms with E-state index in [1.165, 1.54) is 38.5 Å². The van der Waals surface area contributed by atoms with Crippen LogP contribution < -0.4 is 5.32 Å². The van der Waals surface area contributed by atoms with Crippen LogP contribution in [0.5, 0.6) is 0 Å². The molecule has 0 bridgehead atoms. The minimum atomic E-state index is 0.150. The van der Waals surface area contributed by atoms with Crippen LogP contribution in [0, 0.1) is 11.3 Å². The smallest absolute Gasteiger partial charge is 0.0835 e. The van der Waals surface area contributed by atoms with Gasteiger partial charge in [0.2, 0.25) is 0 Å². The van der Waals surface area contributed by atoms with Gasteiger partial charge in [-0.1, -0.05) is 34.1 Å². The molecule has 0 radical (unpaired) electrons. The van der Waals surface area contributed by atoms with Gasteiger partial charge in [0.1, 0.15) is 0 Å². The van der Waals surface area contributed by atoms with Gasteiger partial charge in [-0.05, 0) is 43.4 Å². The van der Waals surface area contributed by atoms with Crippen LogP contribution in [-0.4, -0.2) is 24.8 Å². The molecule has 2 rings (SSSR count). The fraction of sp³-hybridized carbons (Fsp3) is 1.00. The molecule has 106 valence electrons. The molecule has 1 heterocycles. The van der Waals surface area contributed by atoms with Crippen LogP contribution in [0.25, 0.3) is 0 Å². The Balaban J connectivity index is 2.03. The highest BCUT2D eigenvalue weighted by Crippen LogP contribution is 2.42. The third-order valence-corrected chi connectivity index (χ3v) is 4.86. The minimum Gasteiger partial charge on any atom is -0.372 e. The molecule has 0 aromatic rings. The summed E-state index contributed by atoms with van der Waals surface area (Å²) in [7, 11) is 0. The van der Waals surface area contributed by atoms with Crippen LogP contribution in [0.1, 0.15) is 66.2 Å². The van der Waals surface area contributed by atoms with Crippen molar-refractivity contribution in [3.63, 3.8) is 0 Å². The Morgan fingerprint density at radius 3 is 2.44 bits per heavy atom. The van der Waals surface area contributed by atoms with Crippen molar-refractivity contribution in [2.75, 3.05) is 13.2 Å². The summed E-state index contributed by atoms with van der Waals surface area (Å²) in [6.07, 6.45) is 7.81. The first-order valence-electron chi connectivity index (χ1n) is 7.82. The van der Waals surface area contributed by atoms with E-state index < -0.39 is 0 Å². The Hall–Kier alpha value is -0.0800. The van der Waals surface area contributed by atoms with Gasteiger partial charge in [0.25, 0.3) is 0 Å². The van der Waals surface area contributed by atoms with Gasteiger partial charge < -0.3 is 10.1 Å². The second-order valence-corrected chi connectivity index (χ2v) is 7.54. The largest absolute Gasteiger partial charge is 0.372 e. The molecule has 2 heteroatoms. The summed E-state index contributed by atoms with van der Waals surface area (Å²) in [6.45, 7) is 11.3. The molecule has 1 aliphatic heterocycles. The topological polar surface area (TPSA) is 21.3 Å². The molecular weight excluding hydrogens is 222 g/mol. The SMILES string of the molecule is CCC1CCC2(CC1)OCCNC2CC(C)(C)C. The van der Waals surface area contributed by atoms with Gasteiger partial charge in [0.15, 0.2) is 0 Å². The summed E-state index contributed by atoms with van der Waals surface area (Å²) >= 11 is 0. The second kappa shape index (κ2) is 5.50. The van der Waals surface area contributed by atoms with Gasteiger partial charge in [-0.3, -0.25) is 0 Å². The summed E-state index contributed by atoms with van der Waals surface area (Å²) in [5.74, 6) is 0.941. The number of ether oxygens (including phenoxy) is 1. The van der Waals surface area contributed by atoms with Gasteiger partial charge in [0.05, 0.1) is 12.2 Å². The lowest BCUT2D eigenvalue weighted by atomic mass is 9.70. The number of nitrogens with one attached hydrogen (secondary N) is 1. The zero-order valence-electron chi connectivity index (χ0n) is 12.7. The molecule has 1 unspecified atom stereocenters. The Kier molecular flexibility index (Phi) is 4.38. The Morgan fingerprint density at radius 2 is 1.89 bits per heavy atom. The highest BCUT2D eigenvalue weighted by molar-refractivity contribution is 5.00. The van der Waals surface area contributed by atoms with Crippen molar-refractivity contribution in [1.29, 1.82) is 0 Å². The first kappa shape index (κ1) is 14.3. The van der Waals surface area contributed by atoms with Crippen molar-refractivity contribution < 1.29 is 4.74 Å². The minimum absolute atomic E-state index is 0.150. The van der Waals surface area contributed by atoms with E-state index in [-0.39, 0.29) is 5.60 Å². The molecule has 2 aliphatic rings. The predicted octanol–water partition coefficient (Wildman–Crippen LogP) is 3.75. The van der Waals surface area contributed by atoms with Crippen LogP contribution in [0.15, 0.2) is 0 Å². The molecule has 1 saturated heterocycles. The molecule has 0 aromatic heterocycles. The molecule has 1 N–H and O–H groups in total. The number of morpholine rings is 1. The van der Waals surface area contributed by atoms with Crippen LogP contribution in [0.3, 0.4) is 0 Å². The van der Waals surface area contributed by atoms with E-state index in [1.54, 1.807) is 0 Å². The molecule has 1 atom stereocenters. The number of hydrogen-bond acceptors (Lipinski definition) is 2. The lowest BCUT2D eigenvalue weighted by Gasteiger charge is -2.50. The van der Waals surface area contributed by atoms with Crippen molar-refractivity contribution in [3.05, 3.63) is 0 Å². The average Bonchev–Trinajstić information content (AvgIpc) is 2.32. The average molecular weight is 253 g/mol. The standard InChI is InChI=1S/C16H31NO/c1-5-13-6-8-16(9-7-13)14(12-15(2,3)4)17-10-11-18-16/h13-14,17H,5-12H2,1-4H3. The normalized spacial score (nSPS) is 38.0. The van der Waals surface area contributed by atoms with Gasteiger partial charge >= 0.3 is 0 Å². The maximum absolute atomic E-state index is 6.30. The molecule has 2 nitrogen and oxygen atoms in total.